The largest absolute Gasteiger partial charge is 0.437 e. The Morgan fingerprint density at radius 1 is 1.03 bits per heavy atom. The summed E-state index contributed by atoms with van der Waals surface area (Å²) in [5, 5.41) is 4.02. The highest BCUT2D eigenvalue weighted by molar-refractivity contribution is 5.97. The number of para-hydroxylation sites is 1. The monoisotopic (exact) mass is 385 g/mol. The Morgan fingerprint density at radius 2 is 1.86 bits per heavy atom. The number of rotatable bonds is 5. The SMILES string of the molecule is Cc1cccc(Oc2ncccc2NC(=O)Cc2c(C)[nH]c3ccccc23)c1C. The average Bonchev–Trinajstić information content (AvgIpc) is 3.02. The molecule has 0 fully saturated rings. The number of carbonyl (C=O) groups excluding carboxylic acids is 1. The number of nitrogens with one attached hydrogen (secondary N) is 2. The maximum atomic E-state index is 12.8. The normalized spacial score (nSPS) is 10.9. The molecule has 5 nitrogen and oxygen atoms in total. The number of ether oxygens (including phenoxy) is 1. The molecule has 0 aliphatic carbocycles. The summed E-state index contributed by atoms with van der Waals surface area (Å²) in [6.07, 6.45) is 1.92. The van der Waals surface area contributed by atoms with Crippen molar-refractivity contribution in [3.8, 4) is 11.6 Å². The number of pyridine rings is 1. The van der Waals surface area contributed by atoms with E-state index in [0.29, 0.717) is 11.6 Å². The van der Waals surface area contributed by atoms with Crippen molar-refractivity contribution in [3.63, 3.8) is 0 Å². The van der Waals surface area contributed by atoms with E-state index >= 15 is 0 Å². The molecule has 0 saturated heterocycles. The number of amides is 1. The molecule has 2 N–H and O–H groups in total. The van der Waals surface area contributed by atoms with Crippen molar-refractivity contribution in [2.45, 2.75) is 27.2 Å². The summed E-state index contributed by atoms with van der Waals surface area (Å²) in [5.41, 5.74) is 5.77. The van der Waals surface area contributed by atoms with Crippen LogP contribution in [-0.2, 0) is 11.2 Å². The summed E-state index contributed by atoms with van der Waals surface area (Å²) in [6.45, 7) is 6.03. The molecule has 0 aliphatic rings. The van der Waals surface area contributed by atoms with Gasteiger partial charge in [-0.15, -0.1) is 0 Å². The standard InChI is InChI=1S/C24H23N3O2/c1-15-8-6-12-22(16(15)2)29-24-21(11-7-13-25-24)27-23(28)14-19-17(3)26-20-10-5-4-9-18(19)20/h4-13,26H,14H2,1-3H3,(H,27,28). The Balaban J connectivity index is 1.56. The third kappa shape index (κ3) is 3.85. The Kier molecular flexibility index (Phi) is 5.04. The van der Waals surface area contributed by atoms with Gasteiger partial charge in [-0.3, -0.25) is 4.79 Å². The summed E-state index contributed by atoms with van der Waals surface area (Å²) in [5.74, 6) is 0.994. The predicted octanol–water partition coefficient (Wildman–Crippen LogP) is 5.46. The zero-order valence-corrected chi connectivity index (χ0v) is 16.7. The van der Waals surface area contributed by atoms with Gasteiger partial charge in [0.25, 0.3) is 0 Å². The van der Waals surface area contributed by atoms with Crippen LogP contribution in [0.5, 0.6) is 11.6 Å². The van der Waals surface area contributed by atoms with Crippen LogP contribution in [-0.4, -0.2) is 15.9 Å². The van der Waals surface area contributed by atoms with Crippen molar-refractivity contribution < 1.29 is 9.53 Å². The second kappa shape index (κ2) is 7.80. The van der Waals surface area contributed by atoms with Gasteiger partial charge in [0, 0.05) is 22.8 Å². The van der Waals surface area contributed by atoms with E-state index in [0.717, 1.165) is 39.0 Å². The Labute approximate surface area is 169 Å². The van der Waals surface area contributed by atoms with E-state index in [2.05, 4.69) is 15.3 Å². The lowest BCUT2D eigenvalue weighted by Crippen LogP contribution is -2.15. The van der Waals surface area contributed by atoms with E-state index in [9.17, 15) is 4.79 Å². The fraction of sp³-hybridized carbons (Fsp3) is 0.167. The van der Waals surface area contributed by atoms with Crippen molar-refractivity contribution >= 4 is 22.5 Å². The van der Waals surface area contributed by atoms with Crippen molar-refractivity contribution in [1.29, 1.82) is 0 Å². The summed E-state index contributed by atoms with van der Waals surface area (Å²) in [6, 6.07) is 17.5. The minimum absolute atomic E-state index is 0.114. The minimum atomic E-state index is -0.114. The van der Waals surface area contributed by atoms with Gasteiger partial charge in [-0.2, -0.15) is 0 Å². The molecular formula is C24H23N3O2. The number of hydrogen-bond acceptors (Lipinski definition) is 3. The topological polar surface area (TPSA) is 67.0 Å². The van der Waals surface area contributed by atoms with Gasteiger partial charge in [-0.25, -0.2) is 4.98 Å². The van der Waals surface area contributed by atoms with Crippen LogP contribution < -0.4 is 10.1 Å². The van der Waals surface area contributed by atoms with Crippen molar-refractivity contribution in [3.05, 3.63) is 83.2 Å². The molecule has 0 bridgehead atoms. The van der Waals surface area contributed by atoms with E-state index in [1.54, 1.807) is 18.3 Å². The number of H-pyrrole nitrogens is 1. The third-order valence-electron chi connectivity index (χ3n) is 5.17. The Morgan fingerprint density at radius 3 is 2.72 bits per heavy atom. The number of carbonyl (C=O) groups is 1. The van der Waals surface area contributed by atoms with Gasteiger partial charge < -0.3 is 15.0 Å². The first-order chi connectivity index (χ1) is 14.0. The molecular weight excluding hydrogens is 362 g/mol. The molecule has 2 aromatic carbocycles. The van der Waals surface area contributed by atoms with Gasteiger partial charge in [0.1, 0.15) is 11.4 Å². The van der Waals surface area contributed by atoms with Gasteiger partial charge in [0.05, 0.1) is 6.42 Å². The van der Waals surface area contributed by atoms with E-state index in [1.807, 2.05) is 63.2 Å². The number of benzene rings is 2. The highest BCUT2D eigenvalue weighted by Gasteiger charge is 2.15. The number of aromatic amines is 1. The van der Waals surface area contributed by atoms with Crippen molar-refractivity contribution in [2.24, 2.45) is 0 Å². The second-order valence-electron chi connectivity index (χ2n) is 7.16. The minimum Gasteiger partial charge on any atom is -0.437 e. The number of fused-ring (bicyclic) bond motifs is 1. The average molecular weight is 385 g/mol. The number of hydrogen-bond donors (Lipinski definition) is 2. The van der Waals surface area contributed by atoms with Crippen LogP contribution in [0.2, 0.25) is 0 Å². The molecule has 2 aromatic heterocycles. The van der Waals surface area contributed by atoms with Gasteiger partial charge in [0.15, 0.2) is 0 Å². The van der Waals surface area contributed by atoms with Crippen molar-refractivity contribution in [1.82, 2.24) is 9.97 Å². The molecule has 2 heterocycles. The van der Waals surface area contributed by atoms with Crippen LogP contribution in [0.15, 0.2) is 60.8 Å². The molecule has 0 atom stereocenters. The molecule has 0 spiro atoms. The zero-order valence-electron chi connectivity index (χ0n) is 16.7. The van der Waals surface area contributed by atoms with E-state index in [4.69, 9.17) is 4.74 Å². The molecule has 0 aliphatic heterocycles. The lowest BCUT2D eigenvalue weighted by molar-refractivity contribution is -0.115. The summed E-state index contributed by atoms with van der Waals surface area (Å²) < 4.78 is 6.02. The van der Waals surface area contributed by atoms with Gasteiger partial charge in [-0.1, -0.05) is 30.3 Å². The van der Waals surface area contributed by atoms with Crippen molar-refractivity contribution in [2.75, 3.05) is 5.32 Å². The van der Waals surface area contributed by atoms with E-state index in [-0.39, 0.29) is 12.3 Å². The molecule has 0 radical (unpaired) electrons. The fourth-order valence-electron chi connectivity index (χ4n) is 3.42. The van der Waals surface area contributed by atoms with Gasteiger partial charge in [0.2, 0.25) is 11.8 Å². The summed E-state index contributed by atoms with van der Waals surface area (Å²) in [4.78, 5) is 20.4. The molecule has 4 aromatic rings. The molecule has 5 heteroatoms. The van der Waals surface area contributed by atoms with E-state index < -0.39 is 0 Å². The highest BCUT2D eigenvalue weighted by Crippen LogP contribution is 2.30. The summed E-state index contributed by atoms with van der Waals surface area (Å²) in [7, 11) is 0. The van der Waals surface area contributed by atoms with Crippen LogP contribution >= 0.6 is 0 Å². The Bertz CT molecular complexity index is 1190. The van der Waals surface area contributed by atoms with Crippen LogP contribution in [0.1, 0.15) is 22.4 Å². The third-order valence-corrected chi connectivity index (χ3v) is 5.17. The van der Waals surface area contributed by atoms with Gasteiger partial charge in [-0.05, 0) is 61.7 Å². The number of aromatic nitrogens is 2. The molecule has 29 heavy (non-hydrogen) atoms. The number of anilines is 1. The number of aryl methyl sites for hydroxylation is 2. The van der Waals surface area contributed by atoms with Crippen LogP contribution in [0.25, 0.3) is 10.9 Å². The summed E-state index contributed by atoms with van der Waals surface area (Å²) >= 11 is 0. The number of nitrogens with zero attached hydrogens (tertiary/aromatic N) is 1. The molecule has 0 saturated carbocycles. The quantitative estimate of drug-likeness (QED) is 0.479. The molecule has 0 unspecified atom stereocenters. The smallest absolute Gasteiger partial charge is 0.243 e. The lowest BCUT2D eigenvalue weighted by Gasteiger charge is -2.13. The van der Waals surface area contributed by atoms with Crippen LogP contribution in [0.4, 0.5) is 5.69 Å². The first kappa shape index (κ1) is 18.7. The maximum absolute atomic E-state index is 12.8. The first-order valence-corrected chi connectivity index (χ1v) is 9.58. The fourth-order valence-corrected chi connectivity index (χ4v) is 3.42. The molecule has 146 valence electrons. The Hall–Kier alpha value is -3.60. The van der Waals surface area contributed by atoms with Crippen LogP contribution in [0, 0.1) is 20.8 Å². The molecule has 4 rings (SSSR count). The van der Waals surface area contributed by atoms with E-state index in [1.165, 1.54) is 0 Å². The zero-order chi connectivity index (χ0) is 20.4. The van der Waals surface area contributed by atoms with Gasteiger partial charge >= 0.3 is 0 Å². The highest BCUT2D eigenvalue weighted by atomic mass is 16.5. The molecule has 1 amide bonds. The maximum Gasteiger partial charge on any atom is 0.243 e. The first-order valence-electron chi connectivity index (χ1n) is 9.58. The second-order valence-corrected chi connectivity index (χ2v) is 7.16. The van der Waals surface area contributed by atoms with Crippen LogP contribution in [0.3, 0.4) is 0 Å². The predicted molar refractivity (Wildman–Crippen MR) is 116 cm³/mol. The lowest BCUT2D eigenvalue weighted by atomic mass is 10.1.